The van der Waals surface area contributed by atoms with Crippen molar-refractivity contribution in [1.82, 2.24) is 9.80 Å². The molecule has 0 saturated carbocycles. The summed E-state index contributed by atoms with van der Waals surface area (Å²) in [4.78, 5) is 17.7. The molecule has 22 heavy (non-hydrogen) atoms. The van der Waals surface area contributed by atoms with Gasteiger partial charge in [0.2, 0.25) is 5.91 Å². The molecular weight excluding hydrogens is 360 g/mol. The Balaban J connectivity index is 1.88. The first-order valence-corrected chi connectivity index (χ1v) is 8.94. The number of thiophene rings is 1. The Morgan fingerprint density at radius 3 is 2.45 bits per heavy atom. The standard InChI is InChI=1S/C17H21BrN2OS/c1-3-20(11-14-7-5-4-6-8-14)17(21)13-19(2)12-15-9-10-16(18)22-15/h4-10H,3,11-13H2,1-2H3. The first kappa shape index (κ1) is 17.2. The SMILES string of the molecule is CCN(Cc1ccccc1)C(=O)CN(C)Cc1ccc(Br)s1. The predicted molar refractivity (Wildman–Crippen MR) is 95.9 cm³/mol. The molecule has 0 aliphatic heterocycles. The van der Waals surface area contributed by atoms with Gasteiger partial charge < -0.3 is 4.90 Å². The van der Waals surface area contributed by atoms with E-state index in [0.717, 1.165) is 16.9 Å². The molecule has 3 nitrogen and oxygen atoms in total. The number of carbonyl (C=O) groups excluding carboxylic acids is 1. The number of likely N-dealkylation sites (N-methyl/N-ethyl adjacent to an activating group) is 2. The van der Waals surface area contributed by atoms with Crippen molar-refractivity contribution in [3.63, 3.8) is 0 Å². The quantitative estimate of drug-likeness (QED) is 0.724. The fourth-order valence-electron chi connectivity index (χ4n) is 2.27. The minimum Gasteiger partial charge on any atom is -0.338 e. The summed E-state index contributed by atoms with van der Waals surface area (Å²) in [6.45, 7) is 4.67. The van der Waals surface area contributed by atoms with Gasteiger partial charge in [0, 0.05) is 24.5 Å². The molecule has 5 heteroatoms. The molecule has 2 aromatic rings. The molecule has 0 aliphatic carbocycles. The maximum Gasteiger partial charge on any atom is 0.237 e. The van der Waals surface area contributed by atoms with Gasteiger partial charge in [-0.1, -0.05) is 30.3 Å². The van der Waals surface area contributed by atoms with E-state index in [1.807, 2.05) is 43.1 Å². The molecule has 0 atom stereocenters. The molecule has 0 spiro atoms. The molecule has 1 aromatic carbocycles. The second-order valence-corrected chi connectivity index (χ2v) is 7.82. The molecule has 118 valence electrons. The molecule has 0 aliphatic rings. The molecule has 0 N–H and O–H groups in total. The van der Waals surface area contributed by atoms with E-state index in [2.05, 4.69) is 39.0 Å². The van der Waals surface area contributed by atoms with Crippen molar-refractivity contribution < 1.29 is 4.79 Å². The van der Waals surface area contributed by atoms with E-state index in [1.165, 1.54) is 10.4 Å². The number of amides is 1. The topological polar surface area (TPSA) is 23.6 Å². The first-order chi connectivity index (χ1) is 10.6. The minimum absolute atomic E-state index is 0.171. The zero-order valence-electron chi connectivity index (χ0n) is 13.0. The lowest BCUT2D eigenvalue weighted by Gasteiger charge is -2.24. The van der Waals surface area contributed by atoms with Crippen molar-refractivity contribution in [3.8, 4) is 0 Å². The molecule has 0 fully saturated rings. The van der Waals surface area contributed by atoms with Gasteiger partial charge in [0.25, 0.3) is 0 Å². The number of nitrogens with zero attached hydrogens (tertiary/aromatic N) is 2. The van der Waals surface area contributed by atoms with Crippen LogP contribution >= 0.6 is 27.3 Å². The van der Waals surface area contributed by atoms with E-state index in [0.29, 0.717) is 13.1 Å². The maximum atomic E-state index is 12.5. The van der Waals surface area contributed by atoms with Gasteiger partial charge >= 0.3 is 0 Å². The number of rotatable bonds is 7. The highest BCUT2D eigenvalue weighted by molar-refractivity contribution is 9.11. The Hall–Kier alpha value is -1.17. The van der Waals surface area contributed by atoms with Gasteiger partial charge in [-0.2, -0.15) is 0 Å². The number of halogens is 1. The van der Waals surface area contributed by atoms with Gasteiger partial charge in [-0.05, 0) is 47.6 Å². The summed E-state index contributed by atoms with van der Waals surface area (Å²) in [5, 5.41) is 0. The van der Waals surface area contributed by atoms with Crippen LogP contribution in [0.3, 0.4) is 0 Å². The molecule has 0 radical (unpaired) electrons. The lowest BCUT2D eigenvalue weighted by molar-refractivity contribution is -0.132. The maximum absolute atomic E-state index is 12.5. The Bertz CT molecular complexity index is 600. The normalized spacial score (nSPS) is 10.9. The Morgan fingerprint density at radius 2 is 1.86 bits per heavy atom. The van der Waals surface area contributed by atoms with Crippen LogP contribution < -0.4 is 0 Å². The van der Waals surface area contributed by atoms with Crippen LogP contribution in [0.25, 0.3) is 0 Å². The van der Waals surface area contributed by atoms with Crippen LogP contribution in [-0.2, 0) is 17.9 Å². The predicted octanol–water partition coefficient (Wildman–Crippen LogP) is 3.99. The number of hydrogen-bond donors (Lipinski definition) is 0. The number of hydrogen-bond acceptors (Lipinski definition) is 3. The van der Waals surface area contributed by atoms with Crippen molar-refractivity contribution in [3.05, 3.63) is 56.7 Å². The summed E-state index contributed by atoms with van der Waals surface area (Å²) < 4.78 is 1.13. The lowest BCUT2D eigenvalue weighted by Crippen LogP contribution is -2.38. The van der Waals surface area contributed by atoms with E-state index in [-0.39, 0.29) is 5.91 Å². The fourth-order valence-corrected chi connectivity index (χ4v) is 3.83. The second-order valence-electron chi connectivity index (χ2n) is 5.27. The third-order valence-corrected chi connectivity index (χ3v) is 5.02. The average molecular weight is 381 g/mol. The van der Waals surface area contributed by atoms with Crippen LogP contribution in [0.4, 0.5) is 0 Å². The highest BCUT2D eigenvalue weighted by Gasteiger charge is 2.15. The minimum atomic E-state index is 0.171. The molecule has 0 bridgehead atoms. The Morgan fingerprint density at radius 1 is 1.14 bits per heavy atom. The van der Waals surface area contributed by atoms with Crippen molar-refractivity contribution in [2.45, 2.75) is 20.0 Å². The second kappa shape index (κ2) is 8.46. The van der Waals surface area contributed by atoms with E-state index in [4.69, 9.17) is 0 Å². The van der Waals surface area contributed by atoms with E-state index < -0.39 is 0 Å². The van der Waals surface area contributed by atoms with Gasteiger partial charge in [-0.15, -0.1) is 11.3 Å². The monoisotopic (exact) mass is 380 g/mol. The van der Waals surface area contributed by atoms with Crippen molar-refractivity contribution >= 4 is 33.2 Å². The summed E-state index contributed by atoms with van der Waals surface area (Å²) >= 11 is 5.18. The third kappa shape index (κ3) is 5.23. The van der Waals surface area contributed by atoms with Crippen LogP contribution in [0, 0.1) is 0 Å². The highest BCUT2D eigenvalue weighted by Crippen LogP contribution is 2.22. The van der Waals surface area contributed by atoms with E-state index in [9.17, 15) is 4.79 Å². The van der Waals surface area contributed by atoms with Crippen molar-refractivity contribution in [2.75, 3.05) is 20.1 Å². The van der Waals surface area contributed by atoms with Gasteiger partial charge in [0.05, 0.1) is 10.3 Å². The first-order valence-electron chi connectivity index (χ1n) is 7.33. The summed E-state index contributed by atoms with van der Waals surface area (Å²) in [6.07, 6.45) is 0. The van der Waals surface area contributed by atoms with Crippen LogP contribution in [0.2, 0.25) is 0 Å². The van der Waals surface area contributed by atoms with E-state index in [1.54, 1.807) is 11.3 Å². The molecule has 0 unspecified atom stereocenters. The van der Waals surface area contributed by atoms with Gasteiger partial charge in [-0.3, -0.25) is 9.69 Å². The van der Waals surface area contributed by atoms with Crippen molar-refractivity contribution in [2.24, 2.45) is 0 Å². The zero-order chi connectivity index (χ0) is 15.9. The number of carbonyl (C=O) groups is 1. The summed E-state index contributed by atoms with van der Waals surface area (Å²) in [5.41, 5.74) is 1.17. The van der Waals surface area contributed by atoms with Gasteiger partial charge in [-0.25, -0.2) is 0 Å². The van der Waals surface area contributed by atoms with Crippen LogP contribution in [0.15, 0.2) is 46.3 Å². The van der Waals surface area contributed by atoms with Crippen molar-refractivity contribution in [1.29, 1.82) is 0 Å². The summed E-state index contributed by atoms with van der Waals surface area (Å²) in [5.74, 6) is 0.171. The third-order valence-electron chi connectivity index (χ3n) is 3.41. The highest BCUT2D eigenvalue weighted by atomic mass is 79.9. The lowest BCUT2D eigenvalue weighted by atomic mass is 10.2. The molecule has 0 saturated heterocycles. The van der Waals surface area contributed by atoms with Crippen LogP contribution in [0.1, 0.15) is 17.4 Å². The Kier molecular flexibility index (Phi) is 6.61. The molecule has 1 heterocycles. The average Bonchev–Trinajstić information content (AvgIpc) is 2.90. The van der Waals surface area contributed by atoms with Crippen LogP contribution in [-0.4, -0.2) is 35.8 Å². The molecule has 1 aromatic heterocycles. The smallest absolute Gasteiger partial charge is 0.237 e. The summed E-state index contributed by atoms with van der Waals surface area (Å²) in [6, 6.07) is 14.3. The zero-order valence-corrected chi connectivity index (χ0v) is 15.4. The molecule has 1 amide bonds. The number of benzene rings is 1. The molecule has 2 rings (SSSR count). The summed E-state index contributed by atoms with van der Waals surface area (Å²) in [7, 11) is 1.99. The van der Waals surface area contributed by atoms with E-state index >= 15 is 0 Å². The van der Waals surface area contributed by atoms with Gasteiger partial charge in [0.15, 0.2) is 0 Å². The Labute approximate surface area is 144 Å². The fraction of sp³-hybridized carbons (Fsp3) is 0.353. The van der Waals surface area contributed by atoms with Crippen LogP contribution in [0.5, 0.6) is 0 Å². The molecular formula is C17H21BrN2OS. The van der Waals surface area contributed by atoms with Gasteiger partial charge in [0.1, 0.15) is 0 Å². The largest absolute Gasteiger partial charge is 0.338 e.